The summed E-state index contributed by atoms with van der Waals surface area (Å²) in [4.78, 5) is 10.2. The van der Waals surface area contributed by atoms with E-state index in [0.717, 1.165) is 6.26 Å². The molecule has 0 aliphatic rings. The standard InChI is InChI=1S/C4H10N2O4S/c1-11(9,10)6-2-3(7)4(5)8/h3,6-7H,2H2,1H3,(H2,5,8). The van der Waals surface area contributed by atoms with Gasteiger partial charge in [0.15, 0.2) is 0 Å². The van der Waals surface area contributed by atoms with Gasteiger partial charge in [-0.3, -0.25) is 4.79 Å². The largest absolute Gasteiger partial charge is 0.382 e. The summed E-state index contributed by atoms with van der Waals surface area (Å²) in [5.41, 5.74) is 4.64. The Morgan fingerprint density at radius 2 is 2.18 bits per heavy atom. The fourth-order valence-electron chi connectivity index (χ4n) is 0.331. The fourth-order valence-corrected chi connectivity index (χ4v) is 0.792. The summed E-state index contributed by atoms with van der Waals surface area (Å²) in [5.74, 6) is -0.957. The van der Waals surface area contributed by atoms with E-state index in [4.69, 9.17) is 5.11 Å². The van der Waals surface area contributed by atoms with E-state index in [0.29, 0.717) is 0 Å². The van der Waals surface area contributed by atoms with Gasteiger partial charge < -0.3 is 10.8 Å². The van der Waals surface area contributed by atoms with Crippen molar-refractivity contribution < 1.29 is 18.3 Å². The van der Waals surface area contributed by atoms with Crippen LogP contribution in [0, 0.1) is 0 Å². The van der Waals surface area contributed by atoms with Gasteiger partial charge in [-0.05, 0) is 0 Å². The first-order valence-corrected chi connectivity index (χ1v) is 4.64. The lowest BCUT2D eigenvalue weighted by Gasteiger charge is -2.05. The second-order valence-corrected chi connectivity index (χ2v) is 3.87. The maximum atomic E-state index is 10.4. The molecule has 0 aliphatic carbocycles. The molecule has 0 saturated carbocycles. The van der Waals surface area contributed by atoms with Crippen molar-refractivity contribution in [2.75, 3.05) is 12.8 Å². The van der Waals surface area contributed by atoms with Crippen LogP contribution < -0.4 is 10.5 Å². The average molecular weight is 182 g/mol. The monoisotopic (exact) mass is 182 g/mol. The highest BCUT2D eigenvalue weighted by Gasteiger charge is 2.12. The van der Waals surface area contributed by atoms with Gasteiger partial charge in [-0.1, -0.05) is 0 Å². The summed E-state index contributed by atoms with van der Waals surface area (Å²) in [7, 11) is -3.37. The molecule has 0 rings (SSSR count). The first-order valence-electron chi connectivity index (χ1n) is 2.75. The van der Waals surface area contributed by atoms with Gasteiger partial charge in [-0.15, -0.1) is 0 Å². The number of rotatable bonds is 4. The Labute approximate surface area is 64.4 Å². The SMILES string of the molecule is CS(=O)(=O)NCC(O)C(N)=O. The van der Waals surface area contributed by atoms with Crippen molar-refractivity contribution in [1.82, 2.24) is 4.72 Å². The van der Waals surface area contributed by atoms with Crippen LogP contribution >= 0.6 is 0 Å². The molecule has 0 saturated heterocycles. The lowest BCUT2D eigenvalue weighted by Crippen LogP contribution is -2.39. The Morgan fingerprint density at radius 1 is 1.73 bits per heavy atom. The Bertz CT molecular complexity index is 234. The number of nitrogens with two attached hydrogens (primary N) is 1. The van der Waals surface area contributed by atoms with Crippen molar-refractivity contribution in [2.45, 2.75) is 6.10 Å². The van der Waals surface area contributed by atoms with Gasteiger partial charge in [0, 0.05) is 6.54 Å². The quantitative estimate of drug-likeness (QED) is 0.442. The summed E-state index contributed by atoms with van der Waals surface area (Å²) in [6.07, 6.45) is -0.550. The van der Waals surface area contributed by atoms with E-state index in [1.807, 2.05) is 4.72 Å². The molecule has 11 heavy (non-hydrogen) atoms. The number of sulfonamides is 1. The van der Waals surface area contributed by atoms with Crippen molar-refractivity contribution in [3.05, 3.63) is 0 Å². The van der Waals surface area contributed by atoms with Crippen LogP contribution in [-0.4, -0.2) is 38.3 Å². The molecule has 0 aromatic heterocycles. The number of primary amides is 1. The molecule has 0 aromatic rings. The summed E-state index contributed by atoms with van der Waals surface area (Å²) in [6.45, 7) is -0.381. The van der Waals surface area contributed by atoms with E-state index in [1.54, 1.807) is 0 Å². The van der Waals surface area contributed by atoms with E-state index < -0.39 is 22.0 Å². The summed E-state index contributed by atoms with van der Waals surface area (Å²) in [5, 5.41) is 8.69. The van der Waals surface area contributed by atoms with Crippen molar-refractivity contribution in [1.29, 1.82) is 0 Å². The van der Waals surface area contributed by atoms with E-state index in [9.17, 15) is 13.2 Å². The maximum Gasteiger partial charge on any atom is 0.247 e. The number of carbonyl (C=O) groups excluding carboxylic acids is 1. The predicted octanol–water partition coefficient (Wildman–Crippen LogP) is -2.62. The van der Waals surface area contributed by atoms with Gasteiger partial charge in [0.2, 0.25) is 15.9 Å². The zero-order valence-corrected chi connectivity index (χ0v) is 6.76. The Hall–Kier alpha value is -0.660. The normalized spacial score (nSPS) is 14.4. The third kappa shape index (κ3) is 5.77. The molecular formula is C4H10N2O4S. The zero-order chi connectivity index (χ0) is 9.07. The second kappa shape index (κ2) is 3.65. The predicted molar refractivity (Wildman–Crippen MR) is 38.0 cm³/mol. The van der Waals surface area contributed by atoms with Crippen molar-refractivity contribution in [3.63, 3.8) is 0 Å². The Morgan fingerprint density at radius 3 is 2.45 bits per heavy atom. The van der Waals surface area contributed by atoms with Crippen LogP contribution in [0.3, 0.4) is 0 Å². The first kappa shape index (κ1) is 10.3. The van der Waals surface area contributed by atoms with Crippen molar-refractivity contribution in [3.8, 4) is 0 Å². The smallest absolute Gasteiger partial charge is 0.247 e. The number of nitrogens with one attached hydrogen (secondary N) is 1. The molecule has 1 amide bonds. The van der Waals surface area contributed by atoms with Crippen molar-refractivity contribution >= 4 is 15.9 Å². The van der Waals surface area contributed by atoms with Gasteiger partial charge in [-0.2, -0.15) is 0 Å². The van der Waals surface area contributed by atoms with E-state index in [-0.39, 0.29) is 6.54 Å². The average Bonchev–Trinajstić information content (AvgIpc) is 1.80. The van der Waals surface area contributed by atoms with Crippen LogP contribution in [0.5, 0.6) is 0 Å². The lowest BCUT2D eigenvalue weighted by molar-refractivity contribution is -0.125. The van der Waals surface area contributed by atoms with Crippen LogP contribution in [0.25, 0.3) is 0 Å². The minimum Gasteiger partial charge on any atom is -0.382 e. The summed E-state index contributed by atoms with van der Waals surface area (Å²) in [6, 6.07) is 0. The molecule has 0 radical (unpaired) electrons. The molecule has 0 heterocycles. The highest BCUT2D eigenvalue weighted by molar-refractivity contribution is 7.88. The number of aliphatic hydroxyl groups excluding tert-OH is 1. The molecule has 0 fully saturated rings. The van der Waals surface area contributed by atoms with Crippen molar-refractivity contribution in [2.24, 2.45) is 5.73 Å². The first-order chi connectivity index (χ1) is 4.83. The Balaban J connectivity index is 3.82. The summed E-state index contributed by atoms with van der Waals surface area (Å²) < 4.78 is 22.7. The van der Waals surface area contributed by atoms with Crippen LogP contribution in [0.1, 0.15) is 0 Å². The highest BCUT2D eigenvalue weighted by Crippen LogP contribution is 1.80. The molecule has 0 aromatic carbocycles. The molecule has 1 unspecified atom stereocenters. The van der Waals surface area contributed by atoms with Crippen LogP contribution in [0.2, 0.25) is 0 Å². The third-order valence-electron chi connectivity index (χ3n) is 0.867. The lowest BCUT2D eigenvalue weighted by atomic mass is 10.3. The van der Waals surface area contributed by atoms with E-state index >= 15 is 0 Å². The molecule has 0 spiro atoms. The van der Waals surface area contributed by atoms with Gasteiger partial charge in [-0.25, -0.2) is 13.1 Å². The maximum absolute atomic E-state index is 10.4. The summed E-state index contributed by atoms with van der Waals surface area (Å²) >= 11 is 0. The molecule has 0 aliphatic heterocycles. The second-order valence-electron chi connectivity index (χ2n) is 2.04. The number of hydrogen-bond donors (Lipinski definition) is 3. The van der Waals surface area contributed by atoms with Crippen LogP contribution in [-0.2, 0) is 14.8 Å². The topological polar surface area (TPSA) is 109 Å². The van der Waals surface area contributed by atoms with E-state index in [1.165, 1.54) is 0 Å². The number of hydrogen-bond acceptors (Lipinski definition) is 4. The molecule has 6 nitrogen and oxygen atoms in total. The van der Waals surface area contributed by atoms with Gasteiger partial charge >= 0.3 is 0 Å². The third-order valence-corrected chi connectivity index (χ3v) is 1.56. The van der Waals surface area contributed by atoms with Crippen LogP contribution in [0.4, 0.5) is 0 Å². The molecule has 0 bridgehead atoms. The minimum atomic E-state index is -3.37. The van der Waals surface area contributed by atoms with E-state index in [2.05, 4.69) is 5.73 Å². The molecule has 66 valence electrons. The van der Waals surface area contributed by atoms with Gasteiger partial charge in [0.05, 0.1) is 6.26 Å². The zero-order valence-electron chi connectivity index (χ0n) is 5.94. The molecule has 7 heteroatoms. The molecule has 1 atom stereocenters. The number of carbonyl (C=O) groups is 1. The van der Waals surface area contributed by atoms with Crippen LogP contribution in [0.15, 0.2) is 0 Å². The van der Waals surface area contributed by atoms with Gasteiger partial charge in [0.1, 0.15) is 6.10 Å². The molecular weight excluding hydrogens is 172 g/mol. The number of amides is 1. The highest BCUT2D eigenvalue weighted by atomic mass is 32.2. The minimum absolute atomic E-state index is 0.381. The number of aliphatic hydroxyl groups is 1. The fraction of sp³-hybridized carbons (Fsp3) is 0.750. The van der Waals surface area contributed by atoms with Gasteiger partial charge in [0.25, 0.3) is 0 Å². The molecule has 4 N–H and O–H groups in total. The Kier molecular flexibility index (Phi) is 3.43.